The average Bonchev–Trinajstić information content (AvgIpc) is 3.28. The molecule has 1 atom stereocenters. The molecular formula is C24H27N3O4S. The molecule has 3 aromatic rings. The Morgan fingerprint density at radius 3 is 2.78 bits per heavy atom. The van der Waals surface area contributed by atoms with Gasteiger partial charge in [-0.25, -0.2) is 4.98 Å². The fraction of sp³-hybridized carbons (Fsp3) is 0.417. The van der Waals surface area contributed by atoms with Crippen molar-refractivity contribution in [3.8, 4) is 11.5 Å². The van der Waals surface area contributed by atoms with Gasteiger partial charge in [0.1, 0.15) is 6.61 Å². The summed E-state index contributed by atoms with van der Waals surface area (Å²) < 4.78 is 18.4. The standard InChI is InChI=1S/C24H27N3O4S/c1-2-17-6-5-9-21-22(17)25-24(32-21)27(11-10-26-12-14-29-15-13-26)23(28)20-16-30-18-7-3-4-8-19(18)31-20/h3-9,20H,2,10-16H2,1H3. The highest BCUT2D eigenvalue weighted by molar-refractivity contribution is 7.22. The van der Waals surface area contributed by atoms with Gasteiger partial charge in [-0.3, -0.25) is 14.6 Å². The zero-order valence-electron chi connectivity index (χ0n) is 18.2. The van der Waals surface area contributed by atoms with Crippen LogP contribution in [0.1, 0.15) is 12.5 Å². The Morgan fingerprint density at radius 1 is 1.16 bits per heavy atom. The number of benzene rings is 2. The van der Waals surface area contributed by atoms with Gasteiger partial charge in [0.2, 0.25) is 6.10 Å². The molecule has 7 nitrogen and oxygen atoms in total. The maximum atomic E-state index is 13.7. The monoisotopic (exact) mass is 453 g/mol. The largest absolute Gasteiger partial charge is 0.485 e. The summed E-state index contributed by atoms with van der Waals surface area (Å²) in [6.07, 6.45) is 0.200. The molecule has 1 amide bonds. The second kappa shape index (κ2) is 9.44. The van der Waals surface area contributed by atoms with Gasteiger partial charge < -0.3 is 14.2 Å². The Hall–Kier alpha value is -2.68. The summed E-state index contributed by atoms with van der Waals surface area (Å²) in [7, 11) is 0. The van der Waals surface area contributed by atoms with Gasteiger partial charge in [-0.2, -0.15) is 0 Å². The van der Waals surface area contributed by atoms with E-state index in [0.29, 0.717) is 23.2 Å². The second-order valence-corrected chi connectivity index (χ2v) is 8.93. The first-order valence-electron chi connectivity index (χ1n) is 11.1. The molecule has 32 heavy (non-hydrogen) atoms. The SMILES string of the molecule is CCc1cccc2sc(N(CCN3CCOCC3)C(=O)C3COc4ccccc4O3)nc12. The van der Waals surface area contributed by atoms with Crippen molar-refractivity contribution in [1.82, 2.24) is 9.88 Å². The van der Waals surface area contributed by atoms with Crippen molar-refractivity contribution in [1.29, 1.82) is 0 Å². The highest BCUT2D eigenvalue weighted by atomic mass is 32.1. The minimum atomic E-state index is -0.702. The summed E-state index contributed by atoms with van der Waals surface area (Å²) in [5, 5.41) is 0.710. The Labute approximate surface area is 191 Å². The van der Waals surface area contributed by atoms with E-state index in [1.54, 1.807) is 16.2 Å². The number of ether oxygens (including phenoxy) is 3. The number of aromatic nitrogens is 1. The molecule has 0 N–H and O–H groups in total. The van der Waals surface area contributed by atoms with Crippen molar-refractivity contribution in [3.05, 3.63) is 48.0 Å². The number of fused-ring (bicyclic) bond motifs is 2. The number of hydrogen-bond donors (Lipinski definition) is 0. The molecule has 2 aliphatic heterocycles. The molecule has 3 heterocycles. The lowest BCUT2D eigenvalue weighted by Crippen LogP contribution is -2.49. The smallest absolute Gasteiger partial charge is 0.273 e. The van der Waals surface area contributed by atoms with Gasteiger partial charge in [-0.15, -0.1) is 0 Å². The first-order chi connectivity index (χ1) is 15.7. The Balaban J connectivity index is 1.42. The van der Waals surface area contributed by atoms with Crippen LogP contribution < -0.4 is 14.4 Å². The Kier molecular flexibility index (Phi) is 6.25. The van der Waals surface area contributed by atoms with Crippen molar-refractivity contribution >= 4 is 32.6 Å². The van der Waals surface area contributed by atoms with Crippen molar-refractivity contribution < 1.29 is 19.0 Å². The third-order valence-electron chi connectivity index (χ3n) is 5.90. The predicted molar refractivity (Wildman–Crippen MR) is 125 cm³/mol. The topological polar surface area (TPSA) is 64.1 Å². The lowest BCUT2D eigenvalue weighted by molar-refractivity contribution is -0.127. The molecule has 0 saturated carbocycles. The normalized spacial score (nSPS) is 18.6. The van der Waals surface area contributed by atoms with Gasteiger partial charge in [-0.1, -0.05) is 42.5 Å². The number of amides is 1. The Morgan fingerprint density at radius 2 is 1.97 bits per heavy atom. The van der Waals surface area contributed by atoms with Gasteiger partial charge in [0.15, 0.2) is 16.6 Å². The fourth-order valence-electron chi connectivity index (χ4n) is 4.08. The quantitative estimate of drug-likeness (QED) is 0.570. The van der Waals surface area contributed by atoms with E-state index in [-0.39, 0.29) is 12.5 Å². The molecule has 5 rings (SSSR count). The number of nitrogens with zero attached hydrogens (tertiary/aromatic N) is 3. The number of thiazole rings is 1. The van der Waals surface area contributed by atoms with Gasteiger partial charge in [0.05, 0.1) is 23.4 Å². The zero-order valence-corrected chi connectivity index (χ0v) is 19.0. The van der Waals surface area contributed by atoms with E-state index in [0.717, 1.165) is 49.5 Å². The van der Waals surface area contributed by atoms with Crippen LogP contribution in [0.4, 0.5) is 5.13 Å². The molecule has 0 aliphatic carbocycles. The minimum absolute atomic E-state index is 0.120. The van der Waals surface area contributed by atoms with E-state index in [1.165, 1.54) is 5.56 Å². The van der Waals surface area contributed by atoms with Crippen LogP contribution in [0.25, 0.3) is 10.2 Å². The number of aryl methyl sites for hydroxylation is 1. The predicted octanol–water partition coefficient (Wildman–Crippen LogP) is 3.36. The number of morpholine rings is 1. The second-order valence-electron chi connectivity index (χ2n) is 7.92. The van der Waals surface area contributed by atoms with E-state index >= 15 is 0 Å². The molecule has 0 bridgehead atoms. The highest BCUT2D eigenvalue weighted by Crippen LogP contribution is 2.34. The number of anilines is 1. The van der Waals surface area contributed by atoms with E-state index in [2.05, 4.69) is 30.0 Å². The number of carbonyl (C=O) groups is 1. The molecule has 8 heteroatoms. The van der Waals surface area contributed by atoms with Gasteiger partial charge in [-0.05, 0) is 30.2 Å². The Bertz CT molecular complexity index is 1100. The molecule has 0 radical (unpaired) electrons. The molecule has 1 fully saturated rings. The van der Waals surface area contributed by atoms with Crippen LogP contribution in [0.15, 0.2) is 42.5 Å². The summed E-state index contributed by atoms with van der Waals surface area (Å²) in [4.78, 5) is 22.6. The average molecular weight is 454 g/mol. The van der Waals surface area contributed by atoms with Crippen LogP contribution in [-0.2, 0) is 16.0 Å². The van der Waals surface area contributed by atoms with Crippen LogP contribution >= 0.6 is 11.3 Å². The van der Waals surface area contributed by atoms with Crippen LogP contribution in [-0.4, -0.2) is 67.9 Å². The first kappa shape index (κ1) is 21.2. The van der Waals surface area contributed by atoms with Crippen LogP contribution in [0.2, 0.25) is 0 Å². The summed E-state index contributed by atoms with van der Waals surface area (Å²) in [5.41, 5.74) is 2.17. The van der Waals surface area contributed by atoms with E-state index < -0.39 is 6.10 Å². The molecule has 1 aromatic heterocycles. The molecule has 168 valence electrons. The molecule has 1 saturated heterocycles. The lowest BCUT2D eigenvalue weighted by Gasteiger charge is -2.32. The van der Waals surface area contributed by atoms with Crippen LogP contribution in [0.3, 0.4) is 0 Å². The van der Waals surface area contributed by atoms with Crippen LogP contribution in [0, 0.1) is 0 Å². The van der Waals surface area contributed by atoms with E-state index in [9.17, 15) is 4.79 Å². The fourth-order valence-corrected chi connectivity index (χ4v) is 5.12. The van der Waals surface area contributed by atoms with Gasteiger partial charge in [0.25, 0.3) is 5.91 Å². The molecule has 2 aromatic carbocycles. The van der Waals surface area contributed by atoms with Gasteiger partial charge >= 0.3 is 0 Å². The number of rotatable bonds is 6. The summed E-state index contributed by atoms with van der Waals surface area (Å²) in [6, 6.07) is 13.7. The third-order valence-corrected chi connectivity index (χ3v) is 6.94. The molecule has 2 aliphatic rings. The molecule has 0 spiro atoms. The summed E-state index contributed by atoms with van der Waals surface area (Å²) in [5.74, 6) is 1.15. The lowest BCUT2D eigenvalue weighted by atomic mass is 10.1. The maximum Gasteiger partial charge on any atom is 0.273 e. The summed E-state index contributed by atoms with van der Waals surface area (Å²) >= 11 is 1.55. The van der Waals surface area contributed by atoms with Crippen molar-refractivity contribution in [2.24, 2.45) is 0 Å². The number of hydrogen-bond acceptors (Lipinski definition) is 7. The number of para-hydroxylation sites is 3. The third kappa shape index (κ3) is 4.30. The highest BCUT2D eigenvalue weighted by Gasteiger charge is 2.33. The maximum absolute atomic E-state index is 13.7. The van der Waals surface area contributed by atoms with E-state index in [4.69, 9.17) is 19.2 Å². The minimum Gasteiger partial charge on any atom is -0.485 e. The van der Waals surface area contributed by atoms with Crippen molar-refractivity contribution in [3.63, 3.8) is 0 Å². The van der Waals surface area contributed by atoms with Crippen LogP contribution in [0.5, 0.6) is 11.5 Å². The zero-order chi connectivity index (χ0) is 21.9. The van der Waals surface area contributed by atoms with Crippen molar-refractivity contribution in [2.45, 2.75) is 19.4 Å². The summed E-state index contributed by atoms with van der Waals surface area (Å²) in [6.45, 7) is 6.82. The molecule has 1 unspecified atom stereocenters. The number of carbonyl (C=O) groups excluding carboxylic acids is 1. The van der Waals surface area contributed by atoms with Gasteiger partial charge in [0, 0.05) is 26.2 Å². The molecular weight excluding hydrogens is 426 g/mol. The van der Waals surface area contributed by atoms with E-state index in [1.807, 2.05) is 24.3 Å². The first-order valence-corrected chi connectivity index (χ1v) is 11.9. The van der Waals surface area contributed by atoms with Crippen molar-refractivity contribution in [2.75, 3.05) is 50.9 Å².